The van der Waals surface area contributed by atoms with Gasteiger partial charge in [0, 0.05) is 38.2 Å². The van der Waals surface area contributed by atoms with Crippen molar-refractivity contribution in [3.05, 3.63) is 76.8 Å². The Hall–Kier alpha value is -2.43. The topological polar surface area (TPSA) is 35.5 Å². The molecule has 0 amide bonds. The monoisotopic (exact) mass is 398 g/mol. The first-order valence-electron chi connectivity index (χ1n) is 8.28. The number of halogens is 1. The zero-order valence-corrected chi connectivity index (χ0v) is 16.9. The Morgan fingerprint density at radius 1 is 0.852 bits per heavy atom. The van der Waals surface area contributed by atoms with Crippen molar-refractivity contribution in [3.63, 3.8) is 0 Å². The van der Waals surface area contributed by atoms with Crippen molar-refractivity contribution in [1.29, 1.82) is 0 Å². The molecule has 0 atom stereocenters. The van der Waals surface area contributed by atoms with Crippen molar-refractivity contribution in [1.82, 2.24) is 0 Å². The maximum atomic E-state index is 12.7. The minimum absolute atomic E-state index is 0.0576. The molecule has 3 aromatic carbocycles. The summed E-state index contributed by atoms with van der Waals surface area (Å²) in [4.78, 5) is 13.9. The number of ether oxygens (including phenoxy) is 2. The lowest BCUT2D eigenvalue weighted by Crippen LogP contribution is -2.01. The van der Waals surface area contributed by atoms with Crippen LogP contribution in [-0.2, 0) is 0 Å². The Labute approximate surface area is 168 Å². The largest absolute Gasteiger partial charge is 0.497 e. The minimum Gasteiger partial charge on any atom is -0.497 e. The van der Waals surface area contributed by atoms with Gasteiger partial charge in [0.05, 0.1) is 14.2 Å². The summed E-state index contributed by atoms with van der Waals surface area (Å²) >= 11 is 8.14. The Morgan fingerprint density at radius 2 is 1.52 bits per heavy atom. The van der Waals surface area contributed by atoms with Gasteiger partial charge in [-0.15, -0.1) is 11.8 Å². The molecule has 3 aromatic rings. The first-order valence-corrected chi connectivity index (χ1v) is 9.88. The van der Waals surface area contributed by atoms with Gasteiger partial charge in [0.2, 0.25) is 0 Å². The third-order valence-corrected chi connectivity index (χ3v) is 5.34. The number of carbonyl (C=O) groups excluding carboxylic acids is 1. The molecule has 0 aromatic heterocycles. The maximum Gasteiger partial charge on any atom is 0.193 e. The molecule has 0 spiro atoms. The molecule has 0 aliphatic carbocycles. The van der Waals surface area contributed by atoms with E-state index in [4.69, 9.17) is 21.1 Å². The summed E-state index contributed by atoms with van der Waals surface area (Å²) in [6.45, 7) is 0. The Morgan fingerprint density at radius 3 is 2.11 bits per heavy atom. The summed E-state index contributed by atoms with van der Waals surface area (Å²) in [5.74, 6) is 1.30. The molecule has 138 valence electrons. The predicted octanol–water partition coefficient (Wildman–Crippen LogP) is 5.98. The van der Waals surface area contributed by atoms with E-state index in [0.29, 0.717) is 27.6 Å². The molecule has 0 aliphatic rings. The molecule has 0 saturated heterocycles. The van der Waals surface area contributed by atoms with E-state index in [-0.39, 0.29) is 5.78 Å². The fourth-order valence-electron chi connectivity index (χ4n) is 2.80. The molecule has 27 heavy (non-hydrogen) atoms. The molecule has 3 rings (SSSR count). The molecule has 0 saturated carbocycles. The maximum absolute atomic E-state index is 12.7. The lowest BCUT2D eigenvalue weighted by atomic mass is 9.98. The van der Waals surface area contributed by atoms with E-state index in [1.54, 1.807) is 44.2 Å². The smallest absolute Gasteiger partial charge is 0.193 e. The van der Waals surface area contributed by atoms with E-state index >= 15 is 0 Å². The van der Waals surface area contributed by atoms with Gasteiger partial charge in [-0.25, -0.2) is 0 Å². The van der Waals surface area contributed by atoms with Crippen LogP contribution in [-0.4, -0.2) is 26.3 Å². The highest BCUT2D eigenvalue weighted by Gasteiger charge is 2.15. The van der Waals surface area contributed by atoms with E-state index in [1.807, 2.05) is 48.7 Å². The molecule has 0 heterocycles. The summed E-state index contributed by atoms with van der Waals surface area (Å²) in [5.41, 5.74) is 2.82. The van der Waals surface area contributed by atoms with Crippen LogP contribution < -0.4 is 9.47 Å². The number of carbonyl (C=O) groups is 1. The number of rotatable bonds is 6. The van der Waals surface area contributed by atoms with Crippen LogP contribution in [0.15, 0.2) is 65.6 Å². The third kappa shape index (κ3) is 4.12. The van der Waals surface area contributed by atoms with Crippen molar-refractivity contribution in [2.45, 2.75) is 4.90 Å². The van der Waals surface area contributed by atoms with Crippen molar-refractivity contribution in [2.24, 2.45) is 0 Å². The van der Waals surface area contributed by atoms with Crippen LogP contribution in [0.5, 0.6) is 11.5 Å². The lowest BCUT2D eigenvalue weighted by molar-refractivity contribution is 0.103. The molecule has 0 radical (unpaired) electrons. The Balaban J connectivity index is 1.95. The highest BCUT2D eigenvalue weighted by atomic mass is 35.5. The van der Waals surface area contributed by atoms with E-state index in [1.165, 1.54) is 0 Å². The van der Waals surface area contributed by atoms with Gasteiger partial charge in [-0.05, 0) is 48.7 Å². The van der Waals surface area contributed by atoms with Gasteiger partial charge in [-0.1, -0.05) is 23.7 Å². The number of hydrogen-bond donors (Lipinski definition) is 0. The average Bonchev–Trinajstić information content (AvgIpc) is 2.72. The van der Waals surface area contributed by atoms with Crippen LogP contribution in [0, 0.1) is 0 Å². The van der Waals surface area contributed by atoms with Crippen molar-refractivity contribution in [3.8, 4) is 22.6 Å². The molecule has 0 N–H and O–H groups in total. The van der Waals surface area contributed by atoms with Crippen molar-refractivity contribution >= 4 is 29.1 Å². The Kier molecular flexibility index (Phi) is 6.09. The molecular formula is C22H19ClO3S. The zero-order valence-electron chi connectivity index (χ0n) is 15.3. The quantitative estimate of drug-likeness (QED) is 0.378. The average molecular weight is 399 g/mol. The van der Waals surface area contributed by atoms with Gasteiger partial charge in [0.25, 0.3) is 0 Å². The van der Waals surface area contributed by atoms with Crippen LogP contribution in [0.4, 0.5) is 0 Å². The minimum atomic E-state index is -0.0576. The van der Waals surface area contributed by atoms with Crippen LogP contribution in [0.3, 0.4) is 0 Å². The summed E-state index contributed by atoms with van der Waals surface area (Å²) < 4.78 is 10.7. The number of hydrogen-bond acceptors (Lipinski definition) is 4. The molecule has 5 heteroatoms. The third-order valence-electron chi connectivity index (χ3n) is 4.28. The summed E-state index contributed by atoms with van der Waals surface area (Å²) in [5, 5.41) is 0.491. The lowest BCUT2D eigenvalue weighted by Gasteiger charge is -2.13. The summed E-state index contributed by atoms with van der Waals surface area (Å²) in [6, 6.07) is 18.4. The number of thioether (sulfide) groups is 1. The molecule has 0 fully saturated rings. The first kappa shape index (κ1) is 19.3. The van der Waals surface area contributed by atoms with Gasteiger partial charge in [0.15, 0.2) is 5.78 Å². The number of ketones is 1. The molecule has 0 unspecified atom stereocenters. The normalized spacial score (nSPS) is 10.5. The molecular weight excluding hydrogens is 380 g/mol. The van der Waals surface area contributed by atoms with Gasteiger partial charge in [-0.2, -0.15) is 0 Å². The summed E-state index contributed by atoms with van der Waals surface area (Å²) in [7, 11) is 3.20. The zero-order chi connectivity index (χ0) is 19.4. The van der Waals surface area contributed by atoms with Crippen molar-refractivity contribution in [2.75, 3.05) is 20.5 Å². The SMILES string of the molecule is COc1ccc(-c2ccc(C(=O)c3ccc(SC)cc3)cc2Cl)c(OC)c1. The summed E-state index contributed by atoms with van der Waals surface area (Å²) in [6.07, 6.45) is 2.00. The van der Waals surface area contributed by atoms with Gasteiger partial charge in [-0.3, -0.25) is 4.79 Å². The second-order valence-electron chi connectivity index (χ2n) is 5.82. The second kappa shape index (κ2) is 8.51. The van der Waals surface area contributed by atoms with Crippen LogP contribution in [0.1, 0.15) is 15.9 Å². The first-order chi connectivity index (χ1) is 13.1. The number of methoxy groups -OCH3 is 2. The molecule has 0 aliphatic heterocycles. The van der Waals surface area contributed by atoms with Crippen LogP contribution in [0.25, 0.3) is 11.1 Å². The highest BCUT2D eigenvalue weighted by Crippen LogP contribution is 2.37. The van der Waals surface area contributed by atoms with E-state index in [2.05, 4.69) is 0 Å². The van der Waals surface area contributed by atoms with Gasteiger partial charge in [0.1, 0.15) is 11.5 Å². The standard InChI is InChI=1S/C22H19ClO3S/c1-25-16-7-11-19(21(13-16)26-2)18-10-6-15(12-20(18)23)22(24)14-4-8-17(27-3)9-5-14/h4-13H,1-3H3. The fourth-order valence-corrected chi connectivity index (χ4v) is 3.50. The highest BCUT2D eigenvalue weighted by molar-refractivity contribution is 7.98. The van der Waals surface area contributed by atoms with Gasteiger partial charge >= 0.3 is 0 Å². The van der Waals surface area contributed by atoms with E-state index in [0.717, 1.165) is 16.0 Å². The van der Waals surface area contributed by atoms with Crippen LogP contribution >= 0.6 is 23.4 Å². The van der Waals surface area contributed by atoms with E-state index < -0.39 is 0 Å². The molecule has 0 bridgehead atoms. The number of benzene rings is 3. The van der Waals surface area contributed by atoms with Crippen molar-refractivity contribution < 1.29 is 14.3 Å². The predicted molar refractivity (Wildman–Crippen MR) is 112 cm³/mol. The van der Waals surface area contributed by atoms with E-state index in [9.17, 15) is 4.79 Å². The van der Waals surface area contributed by atoms with Crippen LogP contribution in [0.2, 0.25) is 5.02 Å². The fraction of sp³-hybridized carbons (Fsp3) is 0.136. The molecule has 3 nitrogen and oxygen atoms in total. The Bertz CT molecular complexity index is 968. The second-order valence-corrected chi connectivity index (χ2v) is 7.11. The van der Waals surface area contributed by atoms with Gasteiger partial charge < -0.3 is 9.47 Å².